The van der Waals surface area contributed by atoms with E-state index in [1.165, 1.54) is 10.4 Å². The molecule has 0 aliphatic heterocycles. The molecule has 0 bridgehead atoms. The lowest BCUT2D eigenvalue weighted by molar-refractivity contribution is 0.398. The van der Waals surface area contributed by atoms with Gasteiger partial charge in [-0.15, -0.1) is 0 Å². The Morgan fingerprint density at radius 2 is 1.76 bits per heavy atom. The SMILES string of the molecule is CC(c1ccccc1)N(C)S(=O)(=O)c1ccc(Br)cc1N. The summed E-state index contributed by atoms with van der Waals surface area (Å²) < 4.78 is 27.5. The van der Waals surface area contributed by atoms with Crippen molar-refractivity contribution in [2.45, 2.75) is 17.9 Å². The fourth-order valence-corrected chi connectivity index (χ4v) is 3.88. The molecule has 2 rings (SSSR count). The van der Waals surface area contributed by atoms with E-state index in [4.69, 9.17) is 5.73 Å². The van der Waals surface area contributed by atoms with Gasteiger partial charge in [0, 0.05) is 17.6 Å². The summed E-state index contributed by atoms with van der Waals surface area (Å²) in [5, 5.41) is 0. The van der Waals surface area contributed by atoms with Crippen LogP contribution in [0.15, 0.2) is 57.9 Å². The number of nitrogen functional groups attached to an aromatic ring is 1. The van der Waals surface area contributed by atoms with E-state index in [9.17, 15) is 8.42 Å². The van der Waals surface area contributed by atoms with Gasteiger partial charge in [0.05, 0.1) is 5.69 Å². The second kappa shape index (κ2) is 6.17. The van der Waals surface area contributed by atoms with Gasteiger partial charge in [-0.2, -0.15) is 4.31 Å². The van der Waals surface area contributed by atoms with Crippen molar-refractivity contribution in [1.29, 1.82) is 0 Å². The summed E-state index contributed by atoms with van der Waals surface area (Å²) in [4.78, 5) is 0.121. The minimum atomic E-state index is -3.65. The van der Waals surface area contributed by atoms with Crippen LogP contribution in [0.4, 0.5) is 5.69 Å². The zero-order valence-corrected chi connectivity index (χ0v) is 14.2. The summed E-state index contributed by atoms with van der Waals surface area (Å²) in [7, 11) is -2.08. The molecule has 4 nitrogen and oxygen atoms in total. The Morgan fingerprint density at radius 1 is 1.14 bits per heavy atom. The van der Waals surface area contributed by atoms with Crippen molar-refractivity contribution >= 4 is 31.6 Å². The molecule has 2 aromatic carbocycles. The highest BCUT2D eigenvalue weighted by Crippen LogP contribution is 2.29. The summed E-state index contributed by atoms with van der Waals surface area (Å²) in [6, 6.07) is 14.0. The van der Waals surface area contributed by atoms with E-state index in [0.29, 0.717) is 0 Å². The van der Waals surface area contributed by atoms with Crippen molar-refractivity contribution in [1.82, 2.24) is 4.31 Å². The lowest BCUT2D eigenvalue weighted by Crippen LogP contribution is -2.30. The van der Waals surface area contributed by atoms with Crippen LogP contribution in [-0.4, -0.2) is 19.8 Å². The van der Waals surface area contributed by atoms with E-state index < -0.39 is 10.0 Å². The number of anilines is 1. The summed E-state index contributed by atoms with van der Waals surface area (Å²) >= 11 is 3.28. The zero-order chi connectivity index (χ0) is 15.6. The molecular weight excluding hydrogens is 352 g/mol. The average molecular weight is 369 g/mol. The highest BCUT2D eigenvalue weighted by Gasteiger charge is 2.27. The Hall–Kier alpha value is -1.37. The van der Waals surface area contributed by atoms with Crippen LogP contribution >= 0.6 is 15.9 Å². The molecule has 2 N–H and O–H groups in total. The Bertz CT molecular complexity index is 733. The number of nitrogens with two attached hydrogens (primary N) is 1. The number of halogens is 1. The summed E-state index contributed by atoms with van der Waals surface area (Å²) in [5.41, 5.74) is 7.01. The molecule has 0 fully saturated rings. The molecule has 0 aliphatic rings. The van der Waals surface area contributed by atoms with E-state index in [-0.39, 0.29) is 16.6 Å². The van der Waals surface area contributed by atoms with Crippen molar-refractivity contribution in [2.75, 3.05) is 12.8 Å². The quantitative estimate of drug-likeness (QED) is 0.840. The third-order valence-corrected chi connectivity index (χ3v) is 5.95. The third-order valence-electron chi connectivity index (χ3n) is 3.46. The minimum Gasteiger partial charge on any atom is -0.398 e. The lowest BCUT2D eigenvalue weighted by Gasteiger charge is -2.25. The first-order chi connectivity index (χ1) is 9.84. The summed E-state index contributed by atoms with van der Waals surface area (Å²) in [5.74, 6) is 0. The van der Waals surface area contributed by atoms with Crippen LogP contribution in [0, 0.1) is 0 Å². The second-order valence-corrected chi connectivity index (χ2v) is 7.67. The van der Waals surface area contributed by atoms with Gasteiger partial charge < -0.3 is 5.73 Å². The molecule has 0 saturated carbocycles. The maximum atomic E-state index is 12.7. The number of sulfonamides is 1. The number of nitrogens with zero attached hydrogens (tertiary/aromatic N) is 1. The van der Waals surface area contributed by atoms with Gasteiger partial charge in [-0.05, 0) is 30.7 Å². The maximum Gasteiger partial charge on any atom is 0.245 e. The van der Waals surface area contributed by atoms with Crippen LogP contribution < -0.4 is 5.73 Å². The highest BCUT2D eigenvalue weighted by atomic mass is 79.9. The average Bonchev–Trinajstić information content (AvgIpc) is 2.46. The third kappa shape index (κ3) is 3.28. The molecule has 0 saturated heterocycles. The largest absolute Gasteiger partial charge is 0.398 e. The first-order valence-corrected chi connectivity index (χ1v) is 8.65. The van der Waals surface area contributed by atoms with Crippen molar-refractivity contribution in [2.24, 2.45) is 0 Å². The smallest absolute Gasteiger partial charge is 0.245 e. The van der Waals surface area contributed by atoms with E-state index in [0.717, 1.165) is 10.0 Å². The predicted octanol–water partition coefficient (Wildman–Crippen LogP) is 3.41. The molecule has 0 aromatic heterocycles. The summed E-state index contributed by atoms with van der Waals surface area (Å²) in [6.07, 6.45) is 0. The second-order valence-electron chi connectivity index (χ2n) is 4.79. The predicted molar refractivity (Wildman–Crippen MR) is 88.4 cm³/mol. The normalized spacial score (nSPS) is 13.3. The maximum absolute atomic E-state index is 12.7. The van der Waals surface area contributed by atoms with E-state index in [2.05, 4.69) is 15.9 Å². The van der Waals surface area contributed by atoms with Gasteiger partial charge >= 0.3 is 0 Å². The molecule has 0 aliphatic carbocycles. The van der Waals surface area contributed by atoms with Crippen LogP contribution in [0.1, 0.15) is 18.5 Å². The topological polar surface area (TPSA) is 63.4 Å². The molecule has 1 atom stereocenters. The Morgan fingerprint density at radius 3 is 2.33 bits per heavy atom. The van der Waals surface area contributed by atoms with Crippen LogP contribution in [0.5, 0.6) is 0 Å². The Labute approximate surface area is 133 Å². The molecule has 1 unspecified atom stereocenters. The Kier molecular flexibility index (Phi) is 4.70. The van der Waals surface area contributed by atoms with Crippen molar-refractivity contribution in [3.8, 4) is 0 Å². The summed E-state index contributed by atoms with van der Waals surface area (Å²) in [6.45, 7) is 1.85. The van der Waals surface area contributed by atoms with E-state index >= 15 is 0 Å². The molecular formula is C15H17BrN2O2S. The van der Waals surface area contributed by atoms with Gasteiger partial charge in [0.2, 0.25) is 10.0 Å². The van der Waals surface area contributed by atoms with Crippen molar-refractivity contribution in [3.63, 3.8) is 0 Å². The molecule has 0 heterocycles. The van der Waals surface area contributed by atoms with Gasteiger partial charge in [-0.25, -0.2) is 8.42 Å². The molecule has 21 heavy (non-hydrogen) atoms. The van der Waals surface area contributed by atoms with E-state index in [1.807, 2.05) is 37.3 Å². The fraction of sp³-hybridized carbons (Fsp3) is 0.200. The molecule has 0 amide bonds. The molecule has 0 radical (unpaired) electrons. The lowest BCUT2D eigenvalue weighted by atomic mass is 10.1. The number of hydrogen-bond donors (Lipinski definition) is 1. The standard InChI is InChI=1S/C15H17BrN2O2S/c1-11(12-6-4-3-5-7-12)18(2)21(19,20)15-9-8-13(16)10-14(15)17/h3-11H,17H2,1-2H3. The van der Waals surface area contributed by atoms with E-state index in [1.54, 1.807) is 19.2 Å². The van der Waals surface area contributed by atoms with Gasteiger partial charge in [0.1, 0.15) is 4.90 Å². The van der Waals surface area contributed by atoms with Crippen LogP contribution in [0.2, 0.25) is 0 Å². The van der Waals surface area contributed by atoms with Crippen molar-refractivity contribution < 1.29 is 8.42 Å². The highest BCUT2D eigenvalue weighted by molar-refractivity contribution is 9.10. The number of hydrogen-bond acceptors (Lipinski definition) is 3. The number of rotatable bonds is 4. The molecule has 0 spiro atoms. The molecule has 112 valence electrons. The first-order valence-electron chi connectivity index (χ1n) is 6.42. The van der Waals surface area contributed by atoms with Crippen LogP contribution in [0.25, 0.3) is 0 Å². The van der Waals surface area contributed by atoms with Crippen molar-refractivity contribution in [3.05, 3.63) is 58.6 Å². The monoisotopic (exact) mass is 368 g/mol. The van der Waals surface area contributed by atoms with Gasteiger partial charge in [-0.1, -0.05) is 46.3 Å². The van der Waals surface area contributed by atoms with Gasteiger partial charge in [0.25, 0.3) is 0 Å². The minimum absolute atomic E-state index is 0.121. The molecule has 6 heteroatoms. The van der Waals surface area contributed by atoms with Gasteiger partial charge in [-0.3, -0.25) is 0 Å². The first kappa shape index (κ1) is 16.0. The number of benzene rings is 2. The Balaban J connectivity index is 2.39. The van der Waals surface area contributed by atoms with Gasteiger partial charge in [0.15, 0.2) is 0 Å². The molecule has 2 aromatic rings. The van der Waals surface area contributed by atoms with Crippen LogP contribution in [-0.2, 0) is 10.0 Å². The zero-order valence-electron chi connectivity index (χ0n) is 11.8. The fourth-order valence-electron chi connectivity index (χ4n) is 2.06. The van der Waals surface area contributed by atoms with Crippen LogP contribution in [0.3, 0.4) is 0 Å².